The Labute approximate surface area is 772 Å². The van der Waals surface area contributed by atoms with Crippen LogP contribution in [-0.2, 0) is 12.8 Å². The van der Waals surface area contributed by atoms with Crippen LogP contribution in [0.1, 0.15) is 283 Å². The number of methoxy groups -OCH3 is 2. The van der Waals surface area contributed by atoms with Gasteiger partial charge in [-0.2, -0.15) is 25.5 Å². The van der Waals surface area contributed by atoms with Crippen LogP contribution in [0.25, 0.3) is 56.5 Å². The summed E-state index contributed by atoms with van der Waals surface area (Å²) in [6.45, 7) is 40.5. The largest absolute Gasteiger partial charge is 0.493 e. The molecule has 0 aromatic carbocycles. The van der Waals surface area contributed by atoms with Crippen molar-refractivity contribution >= 4 is 56.5 Å². The van der Waals surface area contributed by atoms with Crippen LogP contribution in [0.15, 0.2) is 98.5 Å². The van der Waals surface area contributed by atoms with Crippen molar-refractivity contribution in [1.82, 2.24) is 145 Å². The predicted molar refractivity (Wildman–Crippen MR) is 504 cm³/mol. The fraction of sp³-hybridized carbons (Fsp3) is 0.400. The molecule has 20 aromatic rings. The second-order valence-corrected chi connectivity index (χ2v) is 37.1. The van der Waals surface area contributed by atoms with Gasteiger partial charge in [-0.3, -0.25) is 24.9 Å². The first-order valence-electron chi connectivity index (χ1n) is 45.7. The van der Waals surface area contributed by atoms with E-state index in [1.807, 2.05) is 179 Å². The summed E-state index contributed by atoms with van der Waals surface area (Å²) >= 11 is 0. The van der Waals surface area contributed by atoms with Crippen molar-refractivity contribution in [3.05, 3.63) is 281 Å². The summed E-state index contributed by atoms with van der Waals surface area (Å²) in [6, 6.07) is 9.95. The van der Waals surface area contributed by atoms with Gasteiger partial charge >= 0.3 is 0 Å². The maximum absolute atomic E-state index is 14.2. The maximum atomic E-state index is 14.2. The molecule has 0 spiro atoms. The first-order chi connectivity index (χ1) is 63.9. The highest BCUT2D eigenvalue weighted by molar-refractivity contribution is 5.62. The molecule has 25 rings (SSSR count). The molecule has 20 heterocycles. The van der Waals surface area contributed by atoms with E-state index in [0.717, 1.165) is 237 Å². The first kappa shape index (κ1) is 87.6. The Morgan fingerprint density at radius 3 is 1.09 bits per heavy atom. The van der Waals surface area contributed by atoms with E-state index in [0.29, 0.717) is 59.5 Å². The lowest BCUT2D eigenvalue weighted by atomic mass is 10.2. The smallest absolute Gasteiger partial charge is 0.180 e. The second-order valence-electron chi connectivity index (χ2n) is 37.1. The SMILES string of the molecule is C.CCc1cc2nc(C3CC3c3nc4c(C)ncc(C)n4n3)c(C)n2cc1F.CCc1cc2nc(C3CC3c3nc4c(C)ncc(C)n4n3)cn2cc1F.COc1c(C)ccn2c(C)c(C3CC3c3nc4c(C)ncc(C)n4n3)nc12.COc1cc(C)cn2c(C)c(C3CC3c3nc4c(C)ncc(C)n4n3)nc12.Cc1cc2nc(C3CC3c3nc4c(C)ncc(C)n4n3)c(C)n2cc1C. The Morgan fingerprint density at radius 1 is 0.328 bits per heavy atom. The fourth-order valence-electron chi connectivity index (χ4n) is 19.2. The van der Waals surface area contributed by atoms with Gasteiger partial charge in [-0.1, -0.05) is 21.3 Å². The van der Waals surface area contributed by atoms with Gasteiger partial charge in [-0.15, -0.1) is 0 Å². The Morgan fingerprint density at radius 2 is 0.687 bits per heavy atom. The number of hydrogen-bond donors (Lipinski definition) is 0. The average Bonchev–Trinajstić information content (AvgIpc) is 1.59. The molecule has 5 saturated carbocycles. The topological polar surface area (TPSA) is 320 Å². The molecule has 686 valence electrons. The zero-order valence-corrected chi connectivity index (χ0v) is 78.9. The highest BCUT2D eigenvalue weighted by Crippen LogP contribution is 2.59. The summed E-state index contributed by atoms with van der Waals surface area (Å²) < 4.78 is 58.8. The van der Waals surface area contributed by atoms with E-state index >= 15 is 0 Å². The minimum absolute atomic E-state index is 0. The van der Waals surface area contributed by atoms with Crippen molar-refractivity contribution < 1.29 is 18.3 Å². The van der Waals surface area contributed by atoms with Gasteiger partial charge in [0.05, 0.1) is 99.6 Å². The minimum atomic E-state index is -0.184. The summed E-state index contributed by atoms with van der Waals surface area (Å²) in [4.78, 5) is 70.0. The van der Waals surface area contributed by atoms with E-state index in [1.165, 1.54) is 28.7 Å². The summed E-state index contributed by atoms with van der Waals surface area (Å²) in [6.07, 6.45) is 26.9. The quantitative estimate of drug-likeness (QED) is 0.0976. The normalized spacial score (nSPS) is 19.2. The van der Waals surface area contributed by atoms with Gasteiger partial charge in [-0.05, 0) is 233 Å². The van der Waals surface area contributed by atoms with Crippen LogP contribution in [0.5, 0.6) is 11.5 Å². The second kappa shape index (κ2) is 33.1. The van der Waals surface area contributed by atoms with Crippen LogP contribution >= 0.6 is 0 Å². The number of imidazole rings is 5. The monoisotopic (exact) mass is 1800 g/mol. The van der Waals surface area contributed by atoms with Crippen molar-refractivity contribution in [2.75, 3.05) is 14.2 Å². The number of pyridine rings is 5. The number of hydrogen-bond acceptors (Lipinski definition) is 22. The average molecular weight is 1800 g/mol. The molecule has 5 aliphatic rings. The van der Waals surface area contributed by atoms with Gasteiger partial charge in [0.25, 0.3) is 0 Å². The molecule has 10 atom stereocenters. The molecule has 34 heteroatoms. The van der Waals surface area contributed by atoms with Crippen molar-refractivity contribution in [3.63, 3.8) is 0 Å². The highest BCUT2D eigenvalue weighted by atomic mass is 19.1. The number of halogens is 2. The van der Waals surface area contributed by atoms with Crippen LogP contribution < -0.4 is 9.47 Å². The molecule has 0 saturated heterocycles. The summed E-state index contributed by atoms with van der Waals surface area (Å²) in [7, 11) is 3.39. The maximum Gasteiger partial charge on any atom is 0.180 e. The fourth-order valence-corrected chi connectivity index (χ4v) is 19.2. The lowest BCUT2D eigenvalue weighted by Gasteiger charge is -2.05. The highest BCUT2D eigenvalue weighted by Gasteiger charge is 2.50. The third-order valence-electron chi connectivity index (χ3n) is 27.7. The first-order valence-corrected chi connectivity index (χ1v) is 45.7. The van der Waals surface area contributed by atoms with Crippen LogP contribution in [0, 0.1) is 136 Å². The molecule has 0 amide bonds. The van der Waals surface area contributed by atoms with Crippen LogP contribution in [-0.4, -0.2) is 159 Å². The molecule has 32 nitrogen and oxygen atoms in total. The summed E-state index contributed by atoms with van der Waals surface area (Å²) in [5.74, 6) is 8.80. The molecule has 20 aromatic heterocycles. The van der Waals surface area contributed by atoms with Gasteiger partial charge in [0, 0.05) is 150 Å². The Hall–Kier alpha value is -14.3. The molecule has 5 aliphatic carbocycles. The molecular formula is C100H110F2N30O2. The van der Waals surface area contributed by atoms with Crippen molar-refractivity contribution in [2.24, 2.45) is 0 Å². The Balaban J connectivity index is 0.000000104. The van der Waals surface area contributed by atoms with Crippen molar-refractivity contribution in [1.29, 1.82) is 0 Å². The van der Waals surface area contributed by atoms with Gasteiger partial charge in [0.2, 0.25) is 0 Å². The van der Waals surface area contributed by atoms with Crippen LogP contribution in [0.4, 0.5) is 8.78 Å². The van der Waals surface area contributed by atoms with E-state index in [4.69, 9.17) is 79.7 Å². The molecule has 134 heavy (non-hydrogen) atoms. The number of nitrogens with zero attached hydrogens (tertiary/aromatic N) is 30. The predicted octanol–water partition coefficient (Wildman–Crippen LogP) is 17.8. The third kappa shape index (κ3) is 15.1. The number of aryl methyl sites for hydroxylation is 20. The molecule has 0 radical (unpaired) electrons. The molecular weight excluding hydrogens is 1690 g/mol. The van der Waals surface area contributed by atoms with Gasteiger partial charge in [0.15, 0.2) is 80.2 Å². The Bertz CT molecular complexity index is 7850. The zero-order valence-electron chi connectivity index (χ0n) is 78.9. The third-order valence-corrected chi connectivity index (χ3v) is 27.7. The van der Waals surface area contributed by atoms with E-state index in [9.17, 15) is 8.78 Å². The standard InChI is InChI=1S/C20H21FN6.2C20H22N6O.C20H22N6.C19H19FN6.CH4/c1-5-13-6-17-23-18(12(4)26(17)9-16(13)21)14-7-15(14)19-24-20-11(3)22-8-10(2)27(20)25-19;1-10-6-16(27-5)20-22-17(13(4)25(20)9-10)14-7-15(14)18-23-19-12(3)21-8-11(2)26(19)24-18;1-10-6-7-25-13(4)16(22-20(25)17(10)27-5)14-8-15(14)18-23-19-12(3)21-9-11(2)26(19)24-18;1-10-6-17-22-18(14(5)25(17)9-11(10)2)15-7-16(15)19-23-20-13(4)21-8-12(3)26(20)24-19;1-4-12-5-17-22-16(9-25(17)8-15(12)20)13-6-14(13)18-23-19-11(3)21-7-10(2)26(19)24-18;/h6,8-9,14-15H,5,7H2,1-4H3;6,8-9,14-15H,7H2,1-5H3;6-7,9,14-15H,8H2,1-5H3;6,8-9,15-16H,7H2,1-5H3;5,7-9,13-14H,4,6H2,1-3H3;1H4. The van der Waals surface area contributed by atoms with E-state index in [2.05, 4.69) is 115 Å². The molecule has 0 N–H and O–H groups in total. The lowest BCUT2D eigenvalue weighted by Crippen LogP contribution is -1.97. The molecule has 5 fully saturated rings. The zero-order chi connectivity index (χ0) is 92.8. The van der Waals surface area contributed by atoms with Gasteiger partial charge in [0.1, 0.15) is 28.6 Å². The number of ether oxygens (including phenoxy) is 2. The molecule has 0 aliphatic heterocycles. The molecule has 10 unspecified atom stereocenters. The summed E-state index contributed by atoms with van der Waals surface area (Å²) in [5.41, 5.74) is 34.2. The minimum Gasteiger partial charge on any atom is -0.493 e. The molecule has 0 bridgehead atoms. The number of rotatable bonds is 14. The Kier molecular flexibility index (Phi) is 21.7. The van der Waals surface area contributed by atoms with Crippen LogP contribution in [0.2, 0.25) is 0 Å². The number of fused-ring (bicyclic) bond motifs is 10. The lowest BCUT2D eigenvalue weighted by molar-refractivity contribution is 0.413. The van der Waals surface area contributed by atoms with Crippen LogP contribution in [0.3, 0.4) is 0 Å². The van der Waals surface area contributed by atoms with E-state index in [1.54, 1.807) is 24.8 Å². The summed E-state index contributed by atoms with van der Waals surface area (Å²) in [5, 5.41) is 23.6. The number of aromatic nitrogens is 30. The van der Waals surface area contributed by atoms with Crippen molar-refractivity contribution in [3.8, 4) is 11.5 Å². The van der Waals surface area contributed by atoms with Gasteiger partial charge < -0.3 is 31.5 Å². The van der Waals surface area contributed by atoms with Gasteiger partial charge in [-0.25, -0.2) is 81.2 Å². The van der Waals surface area contributed by atoms with E-state index in [-0.39, 0.29) is 42.7 Å². The van der Waals surface area contributed by atoms with E-state index < -0.39 is 0 Å². The van der Waals surface area contributed by atoms with Crippen molar-refractivity contribution in [2.45, 2.75) is 250 Å².